The fraction of sp³-hybridized carbons (Fsp3) is 0.158. The number of hydrogen-bond acceptors (Lipinski definition) is 1. The maximum atomic E-state index is 2.50. The molecule has 1 nitrogen and oxygen atoms in total. The van der Waals surface area contributed by atoms with Gasteiger partial charge in [0, 0.05) is 17.1 Å². The van der Waals surface area contributed by atoms with Crippen LogP contribution in [0.3, 0.4) is 0 Å². The lowest BCUT2D eigenvalue weighted by atomic mass is 9.63. The second-order valence-corrected chi connectivity index (χ2v) is 17.9. The van der Waals surface area contributed by atoms with E-state index in [1.807, 2.05) is 0 Å². The summed E-state index contributed by atoms with van der Waals surface area (Å²) in [7, 11) is 0. The fourth-order valence-electron chi connectivity index (χ4n) is 10.7. The minimum Gasteiger partial charge on any atom is -0.310 e. The zero-order valence-electron chi connectivity index (χ0n) is 33.8. The number of benzene rings is 8. The lowest BCUT2D eigenvalue weighted by Crippen LogP contribution is -2.33. The predicted molar refractivity (Wildman–Crippen MR) is 244 cm³/mol. The number of fused-ring (bicyclic) bond motifs is 11. The van der Waals surface area contributed by atoms with Gasteiger partial charge in [-0.25, -0.2) is 0 Å². The van der Waals surface area contributed by atoms with Gasteiger partial charge in [0.15, 0.2) is 0 Å². The molecular formula is C57H47N. The van der Waals surface area contributed by atoms with Crippen molar-refractivity contribution in [1.29, 1.82) is 0 Å². The molecule has 1 heteroatoms. The summed E-state index contributed by atoms with van der Waals surface area (Å²) in [6.07, 6.45) is 2.41. The van der Waals surface area contributed by atoms with Crippen LogP contribution in [0.25, 0.3) is 44.5 Å². The van der Waals surface area contributed by atoms with Crippen molar-refractivity contribution in [2.75, 3.05) is 4.90 Å². The first-order chi connectivity index (χ1) is 28.2. The molecule has 8 aromatic carbocycles. The topological polar surface area (TPSA) is 3.24 Å². The van der Waals surface area contributed by atoms with Crippen LogP contribution in [0.2, 0.25) is 0 Å². The average Bonchev–Trinajstić information content (AvgIpc) is 3.73. The van der Waals surface area contributed by atoms with Crippen LogP contribution < -0.4 is 4.90 Å². The van der Waals surface area contributed by atoms with E-state index < -0.39 is 5.41 Å². The minimum atomic E-state index is -0.418. The highest BCUT2D eigenvalue weighted by Gasteiger charge is 2.51. The van der Waals surface area contributed by atoms with Crippen molar-refractivity contribution in [3.05, 3.63) is 221 Å². The van der Waals surface area contributed by atoms with Crippen molar-refractivity contribution >= 4 is 17.1 Å². The van der Waals surface area contributed by atoms with Crippen molar-refractivity contribution in [1.82, 2.24) is 0 Å². The van der Waals surface area contributed by atoms with E-state index >= 15 is 0 Å². The van der Waals surface area contributed by atoms with Gasteiger partial charge in [-0.05, 0) is 138 Å². The molecule has 0 atom stereocenters. The summed E-state index contributed by atoms with van der Waals surface area (Å²) >= 11 is 0. The first kappa shape index (κ1) is 34.8. The second kappa shape index (κ2) is 12.8. The van der Waals surface area contributed by atoms with Crippen LogP contribution in [-0.4, -0.2) is 0 Å². The van der Waals surface area contributed by atoms with E-state index in [2.05, 4.69) is 221 Å². The molecule has 0 saturated heterocycles. The molecule has 11 rings (SSSR count). The smallest absolute Gasteiger partial charge is 0.0726 e. The van der Waals surface area contributed by atoms with E-state index in [1.165, 1.54) is 90.7 Å². The Balaban J connectivity index is 1.13. The Morgan fingerprint density at radius 1 is 0.310 bits per heavy atom. The first-order valence-corrected chi connectivity index (χ1v) is 20.9. The summed E-state index contributed by atoms with van der Waals surface area (Å²) in [5, 5.41) is 0. The molecule has 0 aromatic heterocycles. The van der Waals surface area contributed by atoms with E-state index in [0.29, 0.717) is 0 Å². The molecule has 0 unspecified atom stereocenters. The summed E-state index contributed by atoms with van der Waals surface area (Å²) in [4.78, 5) is 2.48. The summed E-state index contributed by atoms with van der Waals surface area (Å²) in [6, 6.07) is 70.7. The molecule has 3 aliphatic carbocycles. The highest BCUT2D eigenvalue weighted by molar-refractivity contribution is 5.96. The minimum absolute atomic E-state index is 0.137. The van der Waals surface area contributed by atoms with E-state index in [-0.39, 0.29) is 10.8 Å². The van der Waals surface area contributed by atoms with Gasteiger partial charge in [0.05, 0.1) is 5.41 Å². The third-order valence-corrected chi connectivity index (χ3v) is 13.7. The van der Waals surface area contributed by atoms with Crippen LogP contribution in [0.4, 0.5) is 17.1 Å². The molecule has 0 bridgehead atoms. The number of rotatable bonds is 5. The lowest BCUT2D eigenvalue weighted by Gasteiger charge is -2.42. The third kappa shape index (κ3) is 5.09. The van der Waals surface area contributed by atoms with E-state index in [9.17, 15) is 0 Å². The molecular weight excluding hydrogens is 699 g/mol. The molecule has 0 N–H and O–H groups in total. The summed E-state index contributed by atoms with van der Waals surface area (Å²) in [5.41, 5.74) is 21.9. The fourth-order valence-corrected chi connectivity index (χ4v) is 10.7. The van der Waals surface area contributed by atoms with Gasteiger partial charge < -0.3 is 4.90 Å². The maximum Gasteiger partial charge on any atom is 0.0726 e. The van der Waals surface area contributed by atoms with Crippen molar-refractivity contribution in [3.63, 3.8) is 0 Å². The third-order valence-electron chi connectivity index (χ3n) is 13.7. The highest BCUT2D eigenvalue weighted by atomic mass is 15.1. The standard InChI is InChI=1S/C57H47N/c1-55(2)32-33-56(3,4)54-36-41(28-31-52(54)55)40-19-15-21-43(35-40)58(42-20-14-18-39(34-42)38-16-6-5-7-17-38)44-29-30-48-47-24-10-13-27-51(47)57(53(48)37-44)49-25-11-8-22-45(49)46-23-9-12-26-50(46)57/h5-31,34-37H,32-33H2,1-4H3. The molecule has 0 aliphatic heterocycles. The Hall–Kier alpha value is -6.44. The van der Waals surface area contributed by atoms with Gasteiger partial charge in [-0.2, -0.15) is 0 Å². The largest absolute Gasteiger partial charge is 0.310 e. The van der Waals surface area contributed by atoms with Gasteiger partial charge in [-0.1, -0.05) is 179 Å². The van der Waals surface area contributed by atoms with Crippen molar-refractivity contribution in [2.24, 2.45) is 0 Å². The Morgan fingerprint density at radius 3 is 1.34 bits per heavy atom. The molecule has 0 fully saturated rings. The predicted octanol–water partition coefficient (Wildman–Crippen LogP) is 15.2. The molecule has 1 spiro atoms. The van der Waals surface area contributed by atoms with Crippen LogP contribution in [0, 0.1) is 0 Å². The molecule has 0 heterocycles. The summed E-state index contributed by atoms with van der Waals surface area (Å²) in [5.74, 6) is 0. The molecule has 0 amide bonds. The number of anilines is 3. The zero-order valence-corrected chi connectivity index (χ0v) is 33.8. The highest BCUT2D eigenvalue weighted by Crippen LogP contribution is 2.63. The molecule has 8 aromatic rings. The van der Waals surface area contributed by atoms with Crippen molar-refractivity contribution in [2.45, 2.75) is 56.8 Å². The average molecular weight is 746 g/mol. The zero-order chi connectivity index (χ0) is 39.2. The Kier molecular flexibility index (Phi) is 7.67. The Labute approximate surface area is 343 Å². The summed E-state index contributed by atoms with van der Waals surface area (Å²) < 4.78 is 0. The number of nitrogens with zero attached hydrogens (tertiary/aromatic N) is 1. The SMILES string of the molecule is CC1(C)CCC(C)(C)c2cc(-c3cccc(N(c4cccc(-c5ccccc5)c4)c4ccc5c(c4)C4(c6ccccc6-c6ccccc64)c4ccccc4-5)c3)ccc21. The molecule has 280 valence electrons. The van der Waals surface area contributed by atoms with Gasteiger partial charge >= 0.3 is 0 Å². The van der Waals surface area contributed by atoms with Gasteiger partial charge in [0.2, 0.25) is 0 Å². The quantitative estimate of drug-likeness (QED) is 0.170. The monoisotopic (exact) mass is 745 g/mol. The van der Waals surface area contributed by atoms with E-state index in [4.69, 9.17) is 0 Å². The lowest BCUT2D eigenvalue weighted by molar-refractivity contribution is 0.332. The van der Waals surface area contributed by atoms with Crippen LogP contribution >= 0.6 is 0 Å². The van der Waals surface area contributed by atoms with Gasteiger partial charge in [0.1, 0.15) is 0 Å². The maximum absolute atomic E-state index is 2.50. The van der Waals surface area contributed by atoms with Gasteiger partial charge in [-0.3, -0.25) is 0 Å². The number of hydrogen-bond donors (Lipinski definition) is 0. The van der Waals surface area contributed by atoms with Crippen molar-refractivity contribution in [3.8, 4) is 44.5 Å². The first-order valence-electron chi connectivity index (χ1n) is 20.9. The van der Waals surface area contributed by atoms with E-state index in [0.717, 1.165) is 17.1 Å². The van der Waals surface area contributed by atoms with Crippen LogP contribution in [0.5, 0.6) is 0 Å². The van der Waals surface area contributed by atoms with Gasteiger partial charge in [0.25, 0.3) is 0 Å². The van der Waals surface area contributed by atoms with Crippen LogP contribution in [0.1, 0.15) is 73.9 Å². The Morgan fingerprint density at radius 2 is 0.759 bits per heavy atom. The molecule has 0 radical (unpaired) electrons. The van der Waals surface area contributed by atoms with E-state index in [1.54, 1.807) is 0 Å². The van der Waals surface area contributed by atoms with Crippen molar-refractivity contribution < 1.29 is 0 Å². The molecule has 58 heavy (non-hydrogen) atoms. The molecule has 0 saturated carbocycles. The normalized spacial score (nSPS) is 15.9. The Bertz CT molecular complexity index is 2850. The van der Waals surface area contributed by atoms with Crippen LogP contribution in [-0.2, 0) is 16.2 Å². The molecule has 3 aliphatic rings. The van der Waals surface area contributed by atoms with Gasteiger partial charge in [-0.15, -0.1) is 0 Å². The summed E-state index contributed by atoms with van der Waals surface area (Å²) in [6.45, 7) is 9.65. The van der Waals surface area contributed by atoms with Crippen LogP contribution in [0.15, 0.2) is 188 Å². The second-order valence-electron chi connectivity index (χ2n) is 17.9.